The van der Waals surface area contributed by atoms with Crippen LogP contribution in [0.3, 0.4) is 0 Å². The minimum atomic E-state index is -0.659. The Morgan fingerprint density at radius 3 is 2.52 bits per heavy atom. The van der Waals surface area contributed by atoms with Gasteiger partial charge >= 0.3 is 5.69 Å². The number of nitrogens with one attached hydrogen (secondary N) is 2. The lowest BCUT2D eigenvalue weighted by molar-refractivity contribution is 0.102. The van der Waals surface area contributed by atoms with Gasteiger partial charge < -0.3 is 19.6 Å². The summed E-state index contributed by atoms with van der Waals surface area (Å²) in [6.07, 6.45) is 1.51. The molecule has 2 aromatic carbocycles. The number of ether oxygens (including phenoxy) is 1. The minimum Gasteiger partial charge on any atom is -0.495 e. The van der Waals surface area contributed by atoms with Gasteiger partial charge in [-0.3, -0.25) is 9.59 Å². The van der Waals surface area contributed by atoms with E-state index in [0.29, 0.717) is 22.1 Å². The average molecular weight is 439 g/mol. The zero-order valence-corrected chi connectivity index (χ0v) is 17.8. The van der Waals surface area contributed by atoms with Crippen molar-refractivity contribution in [2.75, 3.05) is 12.4 Å². The molecule has 0 aliphatic rings. The first-order chi connectivity index (χ1) is 14.8. The minimum absolute atomic E-state index is 0.159. The van der Waals surface area contributed by atoms with Gasteiger partial charge in [0.2, 0.25) is 0 Å². The molecule has 31 heavy (non-hydrogen) atoms. The molecule has 0 aliphatic carbocycles. The molecule has 2 N–H and O–H groups in total. The van der Waals surface area contributed by atoms with Gasteiger partial charge in [0.05, 0.1) is 29.6 Å². The fourth-order valence-electron chi connectivity index (χ4n) is 3.48. The molecule has 9 heteroatoms. The molecule has 8 nitrogen and oxygen atoms in total. The first-order valence-corrected chi connectivity index (χ1v) is 9.74. The molecule has 4 aromatic rings. The molecule has 158 valence electrons. The molecule has 2 aromatic heterocycles. The number of halogens is 1. The molecule has 0 bridgehead atoms. The number of benzene rings is 2. The van der Waals surface area contributed by atoms with Crippen LogP contribution in [-0.4, -0.2) is 27.1 Å². The topological polar surface area (TPSA) is 98.1 Å². The van der Waals surface area contributed by atoms with Crippen molar-refractivity contribution in [3.05, 3.63) is 85.6 Å². The van der Waals surface area contributed by atoms with E-state index >= 15 is 0 Å². The Morgan fingerprint density at radius 2 is 1.84 bits per heavy atom. The fourth-order valence-corrected chi connectivity index (χ4v) is 3.60. The second-order valence-electron chi connectivity index (χ2n) is 7.08. The fraction of sp³-hybridized carbons (Fsp3) is 0.136. The summed E-state index contributed by atoms with van der Waals surface area (Å²) in [6, 6.07) is 11.7. The van der Waals surface area contributed by atoms with Crippen LogP contribution in [0.5, 0.6) is 5.75 Å². The van der Waals surface area contributed by atoms with Crippen molar-refractivity contribution >= 4 is 34.2 Å². The highest BCUT2D eigenvalue weighted by molar-refractivity contribution is 6.30. The van der Waals surface area contributed by atoms with E-state index in [9.17, 15) is 14.4 Å². The van der Waals surface area contributed by atoms with Crippen LogP contribution in [0, 0.1) is 6.92 Å². The number of anilines is 1. The Kier molecular flexibility index (Phi) is 5.16. The second kappa shape index (κ2) is 7.81. The lowest BCUT2D eigenvalue weighted by Gasteiger charge is -2.10. The van der Waals surface area contributed by atoms with Crippen molar-refractivity contribution < 1.29 is 9.53 Å². The van der Waals surface area contributed by atoms with Gasteiger partial charge in [-0.2, -0.15) is 0 Å². The van der Waals surface area contributed by atoms with Gasteiger partial charge in [-0.05, 0) is 48.9 Å². The van der Waals surface area contributed by atoms with Crippen molar-refractivity contribution in [3.63, 3.8) is 0 Å². The molecule has 0 saturated carbocycles. The number of aromatic nitrogens is 3. The van der Waals surface area contributed by atoms with Crippen molar-refractivity contribution in [1.82, 2.24) is 14.1 Å². The number of amides is 1. The first-order valence-electron chi connectivity index (χ1n) is 9.36. The highest BCUT2D eigenvalue weighted by Crippen LogP contribution is 2.26. The molecular formula is C22H19ClN4O4. The van der Waals surface area contributed by atoms with E-state index < -0.39 is 17.2 Å². The van der Waals surface area contributed by atoms with Crippen molar-refractivity contribution in [1.29, 1.82) is 0 Å². The first kappa shape index (κ1) is 20.5. The maximum absolute atomic E-state index is 13.1. The predicted molar refractivity (Wildman–Crippen MR) is 120 cm³/mol. The quantitative estimate of drug-likeness (QED) is 0.511. The number of nitrogens with zero attached hydrogens (tertiary/aromatic N) is 2. The van der Waals surface area contributed by atoms with Gasteiger partial charge in [0.25, 0.3) is 11.5 Å². The van der Waals surface area contributed by atoms with Gasteiger partial charge in [0, 0.05) is 18.3 Å². The molecular weight excluding hydrogens is 420 g/mol. The molecule has 0 saturated heterocycles. The summed E-state index contributed by atoms with van der Waals surface area (Å²) in [5.41, 5.74) is 1.11. The SMILES string of the molecule is COc1ccc(C)cc1NC(=O)c1cn(C)c2c(=O)n(-c3ccc(Cl)cc3)c(=O)[nH]c12. The zero-order chi connectivity index (χ0) is 22.3. The number of carbonyl (C=O) groups excluding carboxylic acids is 1. The third kappa shape index (κ3) is 3.62. The summed E-state index contributed by atoms with van der Waals surface area (Å²) in [6.45, 7) is 1.89. The lowest BCUT2D eigenvalue weighted by Crippen LogP contribution is -2.34. The molecule has 2 heterocycles. The lowest BCUT2D eigenvalue weighted by atomic mass is 10.2. The Bertz CT molecular complexity index is 1430. The zero-order valence-electron chi connectivity index (χ0n) is 17.0. The summed E-state index contributed by atoms with van der Waals surface area (Å²) in [7, 11) is 3.15. The molecule has 0 fully saturated rings. The van der Waals surface area contributed by atoms with Gasteiger partial charge in [0.15, 0.2) is 0 Å². The van der Waals surface area contributed by atoms with Crippen molar-refractivity contribution in [2.45, 2.75) is 6.92 Å². The van der Waals surface area contributed by atoms with E-state index in [1.165, 1.54) is 17.9 Å². The summed E-state index contributed by atoms with van der Waals surface area (Å²) in [5, 5.41) is 3.28. The van der Waals surface area contributed by atoms with Gasteiger partial charge in [-0.1, -0.05) is 17.7 Å². The monoisotopic (exact) mass is 438 g/mol. The molecule has 1 amide bonds. The van der Waals surface area contributed by atoms with Crippen LogP contribution in [0.2, 0.25) is 5.02 Å². The van der Waals surface area contributed by atoms with Gasteiger partial charge in [0.1, 0.15) is 11.3 Å². The molecule has 0 radical (unpaired) electrons. The van der Waals surface area contributed by atoms with Crippen LogP contribution in [0.1, 0.15) is 15.9 Å². The largest absolute Gasteiger partial charge is 0.495 e. The maximum Gasteiger partial charge on any atom is 0.333 e. The number of carbonyl (C=O) groups is 1. The van der Waals surface area contributed by atoms with E-state index in [-0.39, 0.29) is 16.6 Å². The van der Waals surface area contributed by atoms with E-state index in [1.807, 2.05) is 13.0 Å². The number of aromatic amines is 1. The normalized spacial score (nSPS) is 11.0. The Hall–Kier alpha value is -3.78. The molecule has 0 atom stereocenters. The number of rotatable bonds is 4. The highest BCUT2D eigenvalue weighted by Gasteiger charge is 2.21. The smallest absolute Gasteiger partial charge is 0.333 e. The molecule has 4 rings (SSSR count). The van der Waals surface area contributed by atoms with Gasteiger partial charge in [-0.15, -0.1) is 0 Å². The van der Waals surface area contributed by atoms with Crippen molar-refractivity contribution in [2.24, 2.45) is 7.05 Å². The second-order valence-corrected chi connectivity index (χ2v) is 7.52. The number of methoxy groups -OCH3 is 1. The summed E-state index contributed by atoms with van der Waals surface area (Å²) in [5.74, 6) is 0.0200. The summed E-state index contributed by atoms with van der Waals surface area (Å²) < 4.78 is 7.82. The van der Waals surface area contributed by atoms with E-state index in [2.05, 4.69) is 10.3 Å². The number of H-pyrrole nitrogens is 1. The molecule has 0 aliphatic heterocycles. The summed E-state index contributed by atoms with van der Waals surface area (Å²) in [4.78, 5) is 41.6. The number of aryl methyl sites for hydroxylation is 2. The molecule has 0 spiro atoms. The van der Waals surface area contributed by atoms with E-state index in [0.717, 1.165) is 10.1 Å². The van der Waals surface area contributed by atoms with Crippen molar-refractivity contribution in [3.8, 4) is 11.4 Å². The number of fused-ring (bicyclic) bond motifs is 1. The number of hydrogen-bond donors (Lipinski definition) is 2. The van der Waals surface area contributed by atoms with Crippen LogP contribution >= 0.6 is 11.6 Å². The third-order valence-electron chi connectivity index (χ3n) is 4.95. The molecule has 0 unspecified atom stereocenters. The van der Waals surface area contributed by atoms with Crippen LogP contribution in [0.15, 0.2) is 58.3 Å². The number of hydrogen-bond acceptors (Lipinski definition) is 4. The van der Waals surface area contributed by atoms with E-state index in [1.54, 1.807) is 43.4 Å². The average Bonchev–Trinajstić information content (AvgIpc) is 3.06. The standard InChI is InChI=1S/C22H19ClN4O4/c1-12-4-9-17(31-3)16(10-12)24-20(28)15-11-26(2)19-18(15)25-22(30)27(21(19)29)14-7-5-13(23)6-8-14/h4-11H,1-3H3,(H,24,28)(H,25,30). The highest BCUT2D eigenvalue weighted by atomic mass is 35.5. The Balaban J connectivity index is 1.83. The van der Waals surface area contributed by atoms with Crippen LogP contribution in [0.25, 0.3) is 16.7 Å². The predicted octanol–water partition coefficient (Wildman–Crippen LogP) is 3.24. The van der Waals surface area contributed by atoms with E-state index in [4.69, 9.17) is 16.3 Å². The third-order valence-corrected chi connectivity index (χ3v) is 5.21. The Labute approximate surface area is 181 Å². The summed E-state index contributed by atoms with van der Waals surface area (Å²) >= 11 is 5.90. The Morgan fingerprint density at radius 1 is 1.13 bits per heavy atom. The van der Waals surface area contributed by atoms with Crippen LogP contribution in [-0.2, 0) is 7.05 Å². The van der Waals surface area contributed by atoms with Crippen LogP contribution < -0.4 is 21.3 Å². The van der Waals surface area contributed by atoms with Crippen LogP contribution in [0.4, 0.5) is 5.69 Å². The maximum atomic E-state index is 13.1. The van der Waals surface area contributed by atoms with Gasteiger partial charge in [-0.25, -0.2) is 9.36 Å².